The number of thiophene rings is 1. The van der Waals surface area contributed by atoms with Crippen LogP contribution < -0.4 is 14.8 Å². The summed E-state index contributed by atoms with van der Waals surface area (Å²) in [6, 6.07) is 5.54. The Balaban J connectivity index is 2.17. The summed E-state index contributed by atoms with van der Waals surface area (Å²) in [7, 11) is 3.20. The maximum absolute atomic E-state index is 12.4. The van der Waals surface area contributed by atoms with E-state index in [2.05, 4.69) is 5.32 Å². The van der Waals surface area contributed by atoms with E-state index in [0.29, 0.717) is 11.5 Å². The number of hydrogen-bond donors (Lipinski definition) is 1. The number of rotatable bonds is 5. The van der Waals surface area contributed by atoms with Crippen molar-refractivity contribution in [3.63, 3.8) is 0 Å². The van der Waals surface area contributed by atoms with Crippen LogP contribution in [0.1, 0.15) is 39.3 Å². The molecule has 0 aliphatic heterocycles. The molecular weight excluding hydrogens is 298 g/mol. The lowest BCUT2D eigenvalue weighted by Crippen LogP contribution is -2.26. The average Bonchev–Trinajstić information content (AvgIpc) is 2.86. The molecule has 0 unspecified atom stereocenters. The molecule has 5 heteroatoms. The predicted molar refractivity (Wildman–Crippen MR) is 89.2 cm³/mol. The van der Waals surface area contributed by atoms with Gasteiger partial charge < -0.3 is 14.8 Å². The van der Waals surface area contributed by atoms with E-state index in [1.165, 1.54) is 4.88 Å². The van der Waals surface area contributed by atoms with Gasteiger partial charge in [-0.2, -0.15) is 0 Å². The zero-order valence-corrected chi connectivity index (χ0v) is 14.3. The second kappa shape index (κ2) is 6.83. The zero-order chi connectivity index (χ0) is 16.3. The molecule has 0 saturated carbocycles. The standard InChI is InChI=1S/C17H21NO3S/c1-10-12(3)22-9-14(10)17(19)18-11(2)13-6-7-15(20-4)16(8-13)21-5/h6-9,11H,1-5H3,(H,18,19)/t11-/m1/s1. The number of carbonyl (C=O) groups excluding carboxylic acids is 1. The number of nitrogens with one attached hydrogen (secondary N) is 1. The lowest BCUT2D eigenvalue weighted by molar-refractivity contribution is 0.0939. The maximum Gasteiger partial charge on any atom is 0.252 e. The van der Waals surface area contributed by atoms with Crippen LogP contribution in [0.15, 0.2) is 23.6 Å². The Morgan fingerprint density at radius 2 is 1.86 bits per heavy atom. The van der Waals surface area contributed by atoms with Gasteiger partial charge in [-0.25, -0.2) is 0 Å². The molecule has 2 rings (SSSR count). The van der Waals surface area contributed by atoms with Crippen molar-refractivity contribution in [3.05, 3.63) is 45.1 Å². The van der Waals surface area contributed by atoms with E-state index < -0.39 is 0 Å². The molecule has 1 aromatic heterocycles. The third kappa shape index (κ3) is 3.25. The minimum Gasteiger partial charge on any atom is -0.493 e. The van der Waals surface area contributed by atoms with Gasteiger partial charge in [-0.1, -0.05) is 6.07 Å². The van der Waals surface area contributed by atoms with E-state index in [-0.39, 0.29) is 11.9 Å². The number of carbonyl (C=O) groups is 1. The summed E-state index contributed by atoms with van der Waals surface area (Å²) in [4.78, 5) is 13.6. The largest absolute Gasteiger partial charge is 0.493 e. The van der Waals surface area contributed by atoms with Crippen LogP contribution in [0.3, 0.4) is 0 Å². The highest BCUT2D eigenvalue weighted by Gasteiger charge is 2.16. The number of amides is 1. The average molecular weight is 319 g/mol. The topological polar surface area (TPSA) is 47.6 Å². The fraction of sp³-hybridized carbons (Fsp3) is 0.353. The van der Waals surface area contributed by atoms with Crippen LogP contribution >= 0.6 is 11.3 Å². The van der Waals surface area contributed by atoms with Crippen LogP contribution in [0.4, 0.5) is 0 Å². The predicted octanol–water partition coefficient (Wildman–Crippen LogP) is 3.87. The van der Waals surface area contributed by atoms with E-state index in [0.717, 1.165) is 16.7 Å². The number of methoxy groups -OCH3 is 2. The van der Waals surface area contributed by atoms with E-state index in [9.17, 15) is 4.79 Å². The third-order valence-corrected chi connectivity index (χ3v) is 4.80. The van der Waals surface area contributed by atoms with Crippen LogP contribution in [0, 0.1) is 13.8 Å². The van der Waals surface area contributed by atoms with Gasteiger partial charge in [0.25, 0.3) is 5.91 Å². The minimum absolute atomic E-state index is 0.0517. The van der Waals surface area contributed by atoms with Gasteiger partial charge in [0.1, 0.15) is 0 Å². The molecule has 0 aliphatic rings. The van der Waals surface area contributed by atoms with E-state index >= 15 is 0 Å². The molecule has 0 spiro atoms. The second-order valence-corrected chi connectivity index (χ2v) is 6.22. The molecule has 0 bridgehead atoms. The molecule has 4 nitrogen and oxygen atoms in total. The quantitative estimate of drug-likeness (QED) is 0.910. The molecule has 0 fully saturated rings. The first kappa shape index (κ1) is 16.4. The van der Waals surface area contributed by atoms with Gasteiger partial charge in [0.05, 0.1) is 25.8 Å². The molecule has 1 N–H and O–H groups in total. The number of aryl methyl sites for hydroxylation is 1. The number of benzene rings is 1. The molecule has 22 heavy (non-hydrogen) atoms. The highest BCUT2D eigenvalue weighted by atomic mass is 32.1. The van der Waals surface area contributed by atoms with Gasteiger partial charge in [0.2, 0.25) is 0 Å². The van der Waals surface area contributed by atoms with Crippen molar-refractivity contribution in [1.82, 2.24) is 5.32 Å². The zero-order valence-electron chi connectivity index (χ0n) is 13.5. The molecule has 0 radical (unpaired) electrons. The highest BCUT2D eigenvalue weighted by Crippen LogP contribution is 2.30. The van der Waals surface area contributed by atoms with Crippen LogP contribution in [-0.2, 0) is 0 Å². The van der Waals surface area contributed by atoms with Crippen LogP contribution in [0.5, 0.6) is 11.5 Å². The van der Waals surface area contributed by atoms with Crippen LogP contribution in [-0.4, -0.2) is 20.1 Å². The summed E-state index contributed by atoms with van der Waals surface area (Å²) in [6.07, 6.45) is 0. The molecule has 1 amide bonds. The van der Waals surface area contributed by atoms with Gasteiger partial charge in [0.15, 0.2) is 11.5 Å². The molecule has 2 aromatic rings. The number of hydrogen-bond acceptors (Lipinski definition) is 4. The molecule has 0 aliphatic carbocycles. The summed E-state index contributed by atoms with van der Waals surface area (Å²) in [5.74, 6) is 1.28. The van der Waals surface area contributed by atoms with Crippen molar-refractivity contribution in [2.75, 3.05) is 14.2 Å². The Morgan fingerprint density at radius 3 is 2.41 bits per heavy atom. The highest BCUT2D eigenvalue weighted by molar-refractivity contribution is 7.10. The maximum atomic E-state index is 12.4. The van der Waals surface area contributed by atoms with Gasteiger partial charge in [-0.3, -0.25) is 4.79 Å². The fourth-order valence-electron chi connectivity index (χ4n) is 2.22. The fourth-order valence-corrected chi connectivity index (χ4v) is 3.08. The molecule has 1 heterocycles. The first-order chi connectivity index (χ1) is 10.5. The van der Waals surface area contributed by atoms with E-state index in [1.807, 2.05) is 44.4 Å². The SMILES string of the molecule is COc1ccc([C@@H](C)NC(=O)c2csc(C)c2C)cc1OC. The van der Waals surface area contributed by atoms with Crippen molar-refractivity contribution < 1.29 is 14.3 Å². The smallest absolute Gasteiger partial charge is 0.252 e. The summed E-state index contributed by atoms with van der Waals surface area (Å²) >= 11 is 1.60. The Hall–Kier alpha value is -2.01. The van der Waals surface area contributed by atoms with E-state index in [1.54, 1.807) is 25.6 Å². The van der Waals surface area contributed by atoms with Crippen molar-refractivity contribution >= 4 is 17.2 Å². The van der Waals surface area contributed by atoms with E-state index in [4.69, 9.17) is 9.47 Å². The monoisotopic (exact) mass is 319 g/mol. The first-order valence-corrected chi connectivity index (χ1v) is 7.93. The molecule has 0 saturated heterocycles. The van der Waals surface area contributed by atoms with Crippen molar-refractivity contribution in [2.24, 2.45) is 0 Å². The molecule has 118 valence electrons. The van der Waals surface area contributed by atoms with Crippen molar-refractivity contribution in [2.45, 2.75) is 26.8 Å². The normalized spacial score (nSPS) is 11.9. The van der Waals surface area contributed by atoms with Crippen molar-refractivity contribution in [3.8, 4) is 11.5 Å². The van der Waals surface area contributed by atoms with Gasteiger partial charge >= 0.3 is 0 Å². The van der Waals surface area contributed by atoms with Gasteiger partial charge in [0, 0.05) is 10.3 Å². The Labute approximate surface area is 135 Å². The molecular formula is C17H21NO3S. The van der Waals surface area contributed by atoms with Gasteiger partial charge in [-0.05, 0) is 44.0 Å². The van der Waals surface area contributed by atoms with Crippen LogP contribution in [0.2, 0.25) is 0 Å². The Morgan fingerprint density at radius 1 is 1.18 bits per heavy atom. The summed E-state index contributed by atoms with van der Waals surface area (Å²) < 4.78 is 10.5. The molecule has 1 atom stereocenters. The first-order valence-electron chi connectivity index (χ1n) is 7.05. The summed E-state index contributed by atoms with van der Waals surface area (Å²) in [5, 5.41) is 4.93. The van der Waals surface area contributed by atoms with Gasteiger partial charge in [-0.15, -0.1) is 11.3 Å². The molecule has 1 aromatic carbocycles. The van der Waals surface area contributed by atoms with Crippen LogP contribution in [0.25, 0.3) is 0 Å². The lowest BCUT2D eigenvalue weighted by Gasteiger charge is -2.16. The number of ether oxygens (including phenoxy) is 2. The summed E-state index contributed by atoms with van der Waals surface area (Å²) in [6.45, 7) is 5.95. The third-order valence-electron chi connectivity index (χ3n) is 3.79. The lowest BCUT2D eigenvalue weighted by atomic mass is 10.1. The minimum atomic E-state index is -0.119. The van der Waals surface area contributed by atoms with Crippen molar-refractivity contribution in [1.29, 1.82) is 0 Å². The Bertz CT molecular complexity index is 679. The second-order valence-electron chi connectivity index (χ2n) is 5.14. The Kier molecular flexibility index (Phi) is 5.08. The summed E-state index contributed by atoms with van der Waals surface area (Å²) in [5.41, 5.74) is 2.76.